The minimum absolute atomic E-state index is 0.0599. The number of nitrogens with zero attached hydrogens (tertiary/aromatic N) is 2. The number of carbonyl (C=O) groups is 4. The summed E-state index contributed by atoms with van der Waals surface area (Å²) >= 11 is 0. The number of hydrogen-bond acceptors (Lipinski definition) is 6. The maximum absolute atomic E-state index is 13.3. The molecular formula is C23H21F3N4O7. The van der Waals surface area contributed by atoms with Gasteiger partial charge in [0.2, 0.25) is 11.8 Å². The Kier molecular flexibility index (Phi) is 6.67. The third-order valence-corrected chi connectivity index (χ3v) is 6.20. The molecular weight excluding hydrogens is 501 g/mol. The summed E-state index contributed by atoms with van der Waals surface area (Å²) in [5, 5.41) is 24.2. The Morgan fingerprint density at radius 1 is 1.11 bits per heavy atom. The summed E-state index contributed by atoms with van der Waals surface area (Å²) in [5.41, 5.74) is -2.17. The van der Waals surface area contributed by atoms with E-state index in [9.17, 15) is 42.3 Å². The maximum atomic E-state index is 13.3. The van der Waals surface area contributed by atoms with Crippen LogP contribution >= 0.6 is 0 Å². The second-order valence-corrected chi connectivity index (χ2v) is 8.66. The van der Waals surface area contributed by atoms with Crippen LogP contribution in [0.2, 0.25) is 0 Å². The smallest absolute Gasteiger partial charge is 0.416 e. The normalized spacial score (nSPS) is 16.9. The molecule has 4 rings (SSSR count). The highest BCUT2D eigenvalue weighted by Gasteiger charge is 2.38. The van der Waals surface area contributed by atoms with Crippen molar-refractivity contribution < 1.29 is 42.6 Å². The van der Waals surface area contributed by atoms with Crippen LogP contribution < -0.4 is 16.2 Å². The third-order valence-electron chi connectivity index (χ3n) is 6.20. The zero-order valence-corrected chi connectivity index (χ0v) is 19.1. The van der Waals surface area contributed by atoms with Gasteiger partial charge in [-0.2, -0.15) is 13.2 Å². The molecule has 0 radical (unpaired) electrons. The Labute approximate surface area is 206 Å². The molecule has 196 valence electrons. The van der Waals surface area contributed by atoms with Gasteiger partial charge < -0.3 is 30.3 Å². The van der Waals surface area contributed by atoms with E-state index >= 15 is 0 Å². The average Bonchev–Trinajstić information content (AvgIpc) is 3.47. The number of pyridine rings is 1. The standard InChI is InChI=1S/C23H21F3N4O7/c24-23(25,26)12-3-1-11(2-4-12)8-30-15-10-29(21(36)14-5-6-16(31)28-14)9-13(15)19(34)18(22(30)37)20(35)27-7-17(32)33/h1-4,14,34H,5-10H2,(H,27,35)(H,28,31)(H,32,33)/t14-/m1/s1. The minimum atomic E-state index is -4.57. The fraction of sp³-hybridized carbons (Fsp3) is 0.348. The number of aromatic hydroxyl groups is 1. The van der Waals surface area contributed by atoms with Crippen LogP contribution in [0, 0.1) is 0 Å². The third kappa shape index (κ3) is 5.13. The zero-order valence-electron chi connectivity index (χ0n) is 19.1. The van der Waals surface area contributed by atoms with Crippen LogP contribution in [0.5, 0.6) is 5.75 Å². The van der Waals surface area contributed by atoms with Gasteiger partial charge in [-0.25, -0.2) is 0 Å². The number of rotatable bonds is 6. The Hall–Kier alpha value is -4.36. The maximum Gasteiger partial charge on any atom is 0.416 e. The van der Waals surface area contributed by atoms with Crippen LogP contribution in [0.1, 0.15) is 45.6 Å². The predicted octanol–water partition coefficient (Wildman–Crippen LogP) is 0.556. The van der Waals surface area contributed by atoms with Crippen LogP contribution in [-0.4, -0.2) is 56.0 Å². The molecule has 1 saturated heterocycles. The molecule has 1 atom stereocenters. The van der Waals surface area contributed by atoms with E-state index < -0.39 is 59.0 Å². The van der Waals surface area contributed by atoms with E-state index in [-0.39, 0.29) is 55.2 Å². The van der Waals surface area contributed by atoms with Crippen molar-refractivity contribution in [2.24, 2.45) is 0 Å². The Bertz CT molecular complexity index is 1350. The predicted molar refractivity (Wildman–Crippen MR) is 118 cm³/mol. The van der Waals surface area contributed by atoms with Gasteiger partial charge in [0.25, 0.3) is 11.5 Å². The summed E-state index contributed by atoms with van der Waals surface area (Å²) in [4.78, 5) is 62.5. The molecule has 0 bridgehead atoms. The lowest BCUT2D eigenvalue weighted by molar-refractivity contribution is -0.138. The first-order valence-electron chi connectivity index (χ1n) is 11.1. The van der Waals surface area contributed by atoms with Crippen LogP contribution in [0.4, 0.5) is 13.2 Å². The molecule has 1 aromatic carbocycles. The van der Waals surface area contributed by atoms with Crippen LogP contribution in [-0.2, 0) is 40.2 Å². The summed E-state index contributed by atoms with van der Waals surface area (Å²) in [7, 11) is 0. The number of carbonyl (C=O) groups excluding carboxylic acids is 3. The molecule has 2 aromatic rings. The van der Waals surface area contributed by atoms with Crippen molar-refractivity contribution in [3.05, 3.63) is 62.6 Å². The van der Waals surface area contributed by atoms with Gasteiger partial charge in [-0.3, -0.25) is 24.0 Å². The van der Waals surface area contributed by atoms with E-state index in [4.69, 9.17) is 5.11 Å². The molecule has 0 spiro atoms. The van der Waals surface area contributed by atoms with E-state index in [1.54, 1.807) is 0 Å². The van der Waals surface area contributed by atoms with Crippen LogP contribution in [0.3, 0.4) is 0 Å². The number of aromatic nitrogens is 1. The first-order chi connectivity index (χ1) is 17.4. The Morgan fingerprint density at radius 3 is 2.35 bits per heavy atom. The molecule has 0 saturated carbocycles. The molecule has 1 aromatic heterocycles. The first kappa shape index (κ1) is 25.7. The minimum Gasteiger partial charge on any atom is -0.506 e. The van der Waals surface area contributed by atoms with E-state index in [0.717, 1.165) is 28.8 Å². The Balaban J connectivity index is 1.73. The van der Waals surface area contributed by atoms with Gasteiger partial charge in [-0.15, -0.1) is 0 Å². The molecule has 14 heteroatoms. The molecule has 11 nitrogen and oxygen atoms in total. The fourth-order valence-electron chi connectivity index (χ4n) is 4.36. The molecule has 37 heavy (non-hydrogen) atoms. The van der Waals surface area contributed by atoms with Gasteiger partial charge in [0.1, 0.15) is 23.9 Å². The summed E-state index contributed by atoms with van der Waals surface area (Å²) in [6.07, 6.45) is -4.15. The lowest BCUT2D eigenvalue weighted by Crippen LogP contribution is -2.42. The molecule has 2 aliphatic rings. The largest absolute Gasteiger partial charge is 0.506 e. The topological polar surface area (TPSA) is 158 Å². The summed E-state index contributed by atoms with van der Waals surface area (Å²) in [5.74, 6) is -4.05. The molecule has 3 heterocycles. The van der Waals surface area contributed by atoms with Crippen molar-refractivity contribution in [2.75, 3.05) is 6.54 Å². The molecule has 1 fully saturated rings. The highest BCUT2D eigenvalue weighted by Crippen LogP contribution is 2.33. The number of hydrogen-bond donors (Lipinski definition) is 4. The van der Waals surface area contributed by atoms with Gasteiger partial charge in [0.15, 0.2) is 0 Å². The van der Waals surface area contributed by atoms with Crippen molar-refractivity contribution >= 4 is 23.7 Å². The second kappa shape index (κ2) is 9.59. The zero-order chi connectivity index (χ0) is 27.1. The van der Waals surface area contributed by atoms with E-state index in [0.29, 0.717) is 0 Å². The number of alkyl halides is 3. The number of carboxylic acids is 1. The number of benzene rings is 1. The summed E-state index contributed by atoms with van der Waals surface area (Å²) in [6, 6.07) is 3.19. The highest BCUT2D eigenvalue weighted by atomic mass is 19.4. The lowest BCUT2D eigenvalue weighted by atomic mass is 10.1. The van der Waals surface area contributed by atoms with Crippen molar-refractivity contribution in [3.63, 3.8) is 0 Å². The van der Waals surface area contributed by atoms with Gasteiger partial charge in [-0.05, 0) is 24.1 Å². The molecule has 4 N–H and O–H groups in total. The number of carboxylic acid groups (broad SMARTS) is 1. The summed E-state index contributed by atoms with van der Waals surface area (Å²) in [6.45, 7) is -1.50. The van der Waals surface area contributed by atoms with E-state index in [1.807, 2.05) is 5.32 Å². The van der Waals surface area contributed by atoms with Gasteiger partial charge >= 0.3 is 12.1 Å². The number of fused-ring (bicyclic) bond motifs is 1. The van der Waals surface area contributed by atoms with Gasteiger partial charge in [0, 0.05) is 17.7 Å². The highest BCUT2D eigenvalue weighted by molar-refractivity contribution is 5.98. The molecule has 0 unspecified atom stereocenters. The monoisotopic (exact) mass is 522 g/mol. The Morgan fingerprint density at radius 2 is 1.78 bits per heavy atom. The van der Waals surface area contributed by atoms with Crippen LogP contribution in [0.25, 0.3) is 0 Å². The average molecular weight is 522 g/mol. The van der Waals surface area contributed by atoms with Crippen LogP contribution in [0.15, 0.2) is 29.1 Å². The molecule has 0 aliphatic carbocycles. The van der Waals surface area contributed by atoms with Gasteiger partial charge in [0.05, 0.1) is 25.2 Å². The van der Waals surface area contributed by atoms with Gasteiger partial charge in [-0.1, -0.05) is 12.1 Å². The second-order valence-electron chi connectivity index (χ2n) is 8.66. The number of amides is 3. The van der Waals surface area contributed by atoms with Crippen molar-refractivity contribution in [1.29, 1.82) is 0 Å². The quantitative estimate of drug-likeness (QED) is 0.432. The fourth-order valence-corrected chi connectivity index (χ4v) is 4.36. The summed E-state index contributed by atoms with van der Waals surface area (Å²) < 4.78 is 39.9. The van der Waals surface area contributed by atoms with Crippen molar-refractivity contribution in [1.82, 2.24) is 20.1 Å². The lowest BCUT2D eigenvalue weighted by Gasteiger charge is -2.20. The molecule has 2 aliphatic heterocycles. The van der Waals surface area contributed by atoms with Crippen molar-refractivity contribution in [3.8, 4) is 5.75 Å². The first-order valence-corrected chi connectivity index (χ1v) is 11.1. The van der Waals surface area contributed by atoms with E-state index in [1.165, 1.54) is 4.90 Å². The van der Waals surface area contributed by atoms with E-state index in [2.05, 4.69) is 5.32 Å². The molecule has 3 amide bonds. The number of aliphatic carboxylic acids is 1. The number of halogens is 3. The SMILES string of the molecule is O=C(O)CNC(=O)c1c(O)c2c(n(Cc3ccc(C(F)(F)F)cc3)c1=O)CN(C(=O)[C@H]1CCC(=O)N1)C2. The van der Waals surface area contributed by atoms with Crippen molar-refractivity contribution in [2.45, 2.75) is 44.7 Å². The number of nitrogens with one attached hydrogen (secondary N) is 2.